The second-order valence-corrected chi connectivity index (χ2v) is 8.78. The molecule has 2 aromatic carbocycles. The van der Waals surface area contributed by atoms with E-state index < -0.39 is 10.0 Å². The summed E-state index contributed by atoms with van der Waals surface area (Å²) in [6.07, 6.45) is 1.92. The third-order valence-corrected chi connectivity index (χ3v) is 6.20. The van der Waals surface area contributed by atoms with E-state index in [-0.39, 0.29) is 23.4 Å². The monoisotopic (exact) mass is 372 g/mol. The van der Waals surface area contributed by atoms with Crippen LogP contribution < -0.4 is 9.62 Å². The highest BCUT2D eigenvalue weighted by Gasteiger charge is 2.29. The molecule has 1 amide bonds. The molecule has 3 rings (SSSR count). The maximum Gasteiger partial charge on any atom is 0.264 e. The van der Waals surface area contributed by atoms with E-state index in [2.05, 4.69) is 19.2 Å². The van der Waals surface area contributed by atoms with Gasteiger partial charge < -0.3 is 5.32 Å². The van der Waals surface area contributed by atoms with Crippen LogP contribution in [0.4, 0.5) is 5.69 Å². The smallest absolute Gasteiger partial charge is 0.264 e. The van der Waals surface area contributed by atoms with Gasteiger partial charge in [-0.2, -0.15) is 0 Å². The maximum atomic E-state index is 13.1. The zero-order valence-corrected chi connectivity index (χ0v) is 15.9. The minimum atomic E-state index is -3.83. The number of nitrogens with one attached hydrogen (secondary N) is 1. The first-order chi connectivity index (χ1) is 12.4. The third kappa shape index (κ3) is 4.25. The molecule has 0 aromatic heterocycles. The molecular weight excluding hydrogens is 348 g/mol. The number of hydrogen-bond donors (Lipinski definition) is 1. The van der Waals surface area contributed by atoms with Crippen LogP contribution in [-0.2, 0) is 14.8 Å². The molecule has 1 aliphatic rings. The van der Waals surface area contributed by atoms with Crippen LogP contribution in [0, 0.1) is 0 Å². The number of carbonyl (C=O) groups is 1. The molecule has 0 heterocycles. The Kier molecular flexibility index (Phi) is 5.32. The van der Waals surface area contributed by atoms with Crippen molar-refractivity contribution in [3.8, 4) is 0 Å². The normalized spacial score (nSPS) is 14.3. The van der Waals surface area contributed by atoms with Gasteiger partial charge in [-0.1, -0.05) is 44.2 Å². The van der Waals surface area contributed by atoms with Gasteiger partial charge in [0, 0.05) is 6.04 Å². The summed E-state index contributed by atoms with van der Waals surface area (Å²) in [6, 6.07) is 15.7. The first kappa shape index (κ1) is 18.5. The molecule has 138 valence electrons. The largest absolute Gasteiger partial charge is 0.352 e. The number of carbonyl (C=O) groups excluding carboxylic acids is 1. The molecule has 0 unspecified atom stereocenters. The van der Waals surface area contributed by atoms with E-state index in [4.69, 9.17) is 0 Å². The number of rotatable bonds is 7. The summed E-state index contributed by atoms with van der Waals surface area (Å²) in [5, 5.41) is 2.86. The molecule has 6 heteroatoms. The molecular formula is C20H24N2O3S. The summed E-state index contributed by atoms with van der Waals surface area (Å²) in [5.41, 5.74) is 1.61. The van der Waals surface area contributed by atoms with Crippen LogP contribution in [-0.4, -0.2) is 26.9 Å². The Labute approximate surface area is 155 Å². The van der Waals surface area contributed by atoms with Crippen LogP contribution >= 0.6 is 0 Å². The maximum absolute atomic E-state index is 13.1. The number of anilines is 1. The van der Waals surface area contributed by atoms with Crippen LogP contribution in [0.15, 0.2) is 59.5 Å². The molecule has 1 saturated carbocycles. The lowest BCUT2D eigenvalue weighted by Gasteiger charge is -2.24. The topological polar surface area (TPSA) is 66.5 Å². The fourth-order valence-electron chi connectivity index (χ4n) is 2.69. The minimum Gasteiger partial charge on any atom is -0.352 e. The lowest BCUT2D eigenvalue weighted by molar-refractivity contribution is -0.119. The van der Waals surface area contributed by atoms with E-state index in [9.17, 15) is 13.2 Å². The standard InChI is InChI=1S/C20H24N2O3S/c1-15(2)16-8-12-18(13-9-16)22(14-20(23)21-17-10-11-17)26(24,25)19-6-4-3-5-7-19/h3-9,12-13,15,17H,10-11,14H2,1-2H3,(H,21,23). The Morgan fingerprint density at radius 3 is 2.23 bits per heavy atom. The number of hydrogen-bond acceptors (Lipinski definition) is 3. The van der Waals surface area contributed by atoms with E-state index in [1.807, 2.05) is 12.1 Å². The Bertz CT molecular complexity index is 858. The zero-order valence-electron chi connectivity index (χ0n) is 15.1. The van der Waals surface area contributed by atoms with Gasteiger partial charge in [0.05, 0.1) is 10.6 Å². The minimum absolute atomic E-state index is 0.173. The first-order valence-electron chi connectivity index (χ1n) is 8.85. The van der Waals surface area contributed by atoms with E-state index in [0.29, 0.717) is 11.6 Å². The van der Waals surface area contributed by atoms with Gasteiger partial charge in [-0.05, 0) is 48.6 Å². The molecule has 1 N–H and O–H groups in total. The van der Waals surface area contributed by atoms with Crippen molar-refractivity contribution in [3.63, 3.8) is 0 Å². The average Bonchev–Trinajstić information content (AvgIpc) is 3.44. The Morgan fingerprint density at radius 2 is 1.69 bits per heavy atom. The Hall–Kier alpha value is -2.34. The van der Waals surface area contributed by atoms with Gasteiger partial charge in [0.25, 0.3) is 10.0 Å². The lowest BCUT2D eigenvalue weighted by atomic mass is 10.0. The molecule has 0 aliphatic heterocycles. The summed E-state index contributed by atoms with van der Waals surface area (Å²) in [4.78, 5) is 12.5. The van der Waals surface area contributed by atoms with Crippen molar-refractivity contribution in [2.45, 2.75) is 43.5 Å². The zero-order chi connectivity index (χ0) is 18.7. The molecule has 1 aliphatic carbocycles. The summed E-state index contributed by atoms with van der Waals surface area (Å²) < 4.78 is 27.5. The fraction of sp³-hybridized carbons (Fsp3) is 0.350. The van der Waals surface area contributed by atoms with Crippen molar-refractivity contribution in [3.05, 3.63) is 60.2 Å². The Morgan fingerprint density at radius 1 is 1.08 bits per heavy atom. The van der Waals surface area contributed by atoms with Gasteiger partial charge in [0.2, 0.25) is 5.91 Å². The van der Waals surface area contributed by atoms with Crippen molar-refractivity contribution < 1.29 is 13.2 Å². The molecule has 0 spiro atoms. The molecule has 1 fully saturated rings. The molecule has 5 nitrogen and oxygen atoms in total. The second-order valence-electron chi connectivity index (χ2n) is 6.91. The summed E-state index contributed by atoms with van der Waals surface area (Å²) in [5.74, 6) is 0.0707. The Balaban J connectivity index is 1.94. The third-order valence-electron chi connectivity index (χ3n) is 4.41. The average molecular weight is 372 g/mol. The summed E-state index contributed by atoms with van der Waals surface area (Å²) in [6.45, 7) is 3.93. The highest BCUT2D eigenvalue weighted by Crippen LogP contribution is 2.26. The molecule has 0 atom stereocenters. The van der Waals surface area contributed by atoms with E-state index in [0.717, 1.165) is 18.4 Å². The number of sulfonamides is 1. The fourth-order valence-corrected chi connectivity index (χ4v) is 4.13. The van der Waals surface area contributed by atoms with Crippen LogP contribution in [0.3, 0.4) is 0 Å². The molecule has 26 heavy (non-hydrogen) atoms. The highest BCUT2D eigenvalue weighted by molar-refractivity contribution is 7.92. The van der Waals surface area contributed by atoms with Gasteiger partial charge in [-0.15, -0.1) is 0 Å². The molecule has 0 saturated heterocycles. The van der Waals surface area contributed by atoms with Gasteiger partial charge in [-0.3, -0.25) is 9.10 Å². The molecule has 0 bridgehead atoms. The quantitative estimate of drug-likeness (QED) is 0.811. The number of amides is 1. The van der Waals surface area contributed by atoms with Crippen LogP contribution in [0.5, 0.6) is 0 Å². The predicted molar refractivity (Wildman–Crippen MR) is 103 cm³/mol. The van der Waals surface area contributed by atoms with Crippen molar-refractivity contribution in [2.24, 2.45) is 0 Å². The second kappa shape index (κ2) is 7.50. The number of nitrogens with zero attached hydrogens (tertiary/aromatic N) is 1. The van der Waals surface area contributed by atoms with Gasteiger partial charge in [-0.25, -0.2) is 8.42 Å². The lowest BCUT2D eigenvalue weighted by Crippen LogP contribution is -2.41. The first-order valence-corrected chi connectivity index (χ1v) is 10.3. The van der Waals surface area contributed by atoms with E-state index in [1.165, 1.54) is 4.31 Å². The highest BCUT2D eigenvalue weighted by atomic mass is 32.2. The van der Waals surface area contributed by atoms with Crippen molar-refractivity contribution in [2.75, 3.05) is 10.8 Å². The van der Waals surface area contributed by atoms with Gasteiger partial charge in [0.15, 0.2) is 0 Å². The van der Waals surface area contributed by atoms with Crippen LogP contribution in [0.25, 0.3) is 0 Å². The summed E-state index contributed by atoms with van der Waals surface area (Å²) in [7, 11) is -3.83. The van der Waals surface area contributed by atoms with Crippen molar-refractivity contribution in [1.29, 1.82) is 0 Å². The van der Waals surface area contributed by atoms with Crippen molar-refractivity contribution in [1.82, 2.24) is 5.32 Å². The summed E-state index contributed by atoms with van der Waals surface area (Å²) >= 11 is 0. The van der Waals surface area contributed by atoms with Crippen molar-refractivity contribution >= 4 is 21.6 Å². The van der Waals surface area contributed by atoms with Gasteiger partial charge >= 0.3 is 0 Å². The molecule has 0 radical (unpaired) electrons. The SMILES string of the molecule is CC(C)c1ccc(N(CC(=O)NC2CC2)S(=O)(=O)c2ccccc2)cc1. The van der Waals surface area contributed by atoms with E-state index >= 15 is 0 Å². The number of benzene rings is 2. The predicted octanol–water partition coefficient (Wildman–Crippen LogP) is 3.28. The van der Waals surface area contributed by atoms with Crippen LogP contribution in [0.2, 0.25) is 0 Å². The van der Waals surface area contributed by atoms with E-state index in [1.54, 1.807) is 42.5 Å². The van der Waals surface area contributed by atoms with Crippen LogP contribution in [0.1, 0.15) is 38.2 Å². The molecule has 2 aromatic rings. The van der Waals surface area contributed by atoms with Gasteiger partial charge in [0.1, 0.15) is 6.54 Å².